The standard InChI is InChI=1S/C15H32/c1-6-9-13(4)12-14(5)10-11-15(7-2)8-3/h13-15H,6-12H2,1-5H3. The van der Waals surface area contributed by atoms with E-state index in [0.717, 1.165) is 17.8 Å². The van der Waals surface area contributed by atoms with Crippen LogP contribution in [0.25, 0.3) is 0 Å². The average Bonchev–Trinajstić information content (AvgIpc) is 2.19. The second kappa shape index (κ2) is 9.24. The molecule has 0 amide bonds. The second-order valence-electron chi connectivity index (χ2n) is 5.49. The van der Waals surface area contributed by atoms with E-state index >= 15 is 0 Å². The molecule has 0 bridgehead atoms. The quantitative estimate of drug-likeness (QED) is 0.462. The summed E-state index contributed by atoms with van der Waals surface area (Å²) < 4.78 is 0. The van der Waals surface area contributed by atoms with Crippen LogP contribution in [0.15, 0.2) is 0 Å². The topological polar surface area (TPSA) is 0 Å². The van der Waals surface area contributed by atoms with Gasteiger partial charge in [-0.1, -0.05) is 73.1 Å². The first-order valence-electron chi connectivity index (χ1n) is 7.13. The Labute approximate surface area is 97.8 Å². The van der Waals surface area contributed by atoms with E-state index in [0.29, 0.717) is 0 Å². The van der Waals surface area contributed by atoms with E-state index in [1.165, 1.54) is 44.9 Å². The van der Waals surface area contributed by atoms with E-state index < -0.39 is 0 Å². The van der Waals surface area contributed by atoms with Gasteiger partial charge in [-0.2, -0.15) is 0 Å². The fraction of sp³-hybridized carbons (Fsp3) is 1.00. The van der Waals surface area contributed by atoms with E-state index in [-0.39, 0.29) is 0 Å². The molecule has 0 saturated heterocycles. The molecule has 2 unspecified atom stereocenters. The summed E-state index contributed by atoms with van der Waals surface area (Å²) in [7, 11) is 0. The Kier molecular flexibility index (Phi) is 9.24. The summed E-state index contributed by atoms with van der Waals surface area (Å²) >= 11 is 0. The maximum absolute atomic E-state index is 2.44. The Morgan fingerprint density at radius 3 is 1.73 bits per heavy atom. The molecule has 0 aromatic heterocycles. The maximum Gasteiger partial charge on any atom is -0.0419 e. The SMILES string of the molecule is CCCC(C)CC(C)CCC(CC)CC. The second-order valence-corrected chi connectivity index (χ2v) is 5.49. The van der Waals surface area contributed by atoms with Crippen LogP contribution >= 0.6 is 0 Å². The Hall–Kier alpha value is 0. The van der Waals surface area contributed by atoms with Gasteiger partial charge in [-0.05, 0) is 24.2 Å². The van der Waals surface area contributed by atoms with Crippen LogP contribution < -0.4 is 0 Å². The van der Waals surface area contributed by atoms with Gasteiger partial charge in [0, 0.05) is 0 Å². The van der Waals surface area contributed by atoms with Crippen molar-refractivity contribution in [1.29, 1.82) is 0 Å². The first kappa shape index (κ1) is 15.0. The summed E-state index contributed by atoms with van der Waals surface area (Å²) in [5.74, 6) is 2.85. The number of hydrogen-bond donors (Lipinski definition) is 0. The van der Waals surface area contributed by atoms with E-state index in [1.807, 2.05) is 0 Å². The molecule has 0 aliphatic carbocycles. The minimum absolute atomic E-state index is 0.937. The van der Waals surface area contributed by atoms with Crippen molar-refractivity contribution < 1.29 is 0 Å². The van der Waals surface area contributed by atoms with Crippen molar-refractivity contribution in [2.45, 2.75) is 79.6 Å². The lowest BCUT2D eigenvalue weighted by molar-refractivity contribution is 0.333. The van der Waals surface area contributed by atoms with Gasteiger partial charge >= 0.3 is 0 Å². The zero-order valence-electron chi connectivity index (χ0n) is 11.7. The molecule has 0 aromatic rings. The molecule has 0 saturated carbocycles. The molecule has 0 aromatic carbocycles. The van der Waals surface area contributed by atoms with Crippen molar-refractivity contribution in [3.63, 3.8) is 0 Å². The first-order valence-corrected chi connectivity index (χ1v) is 7.13. The van der Waals surface area contributed by atoms with E-state index in [2.05, 4.69) is 34.6 Å². The van der Waals surface area contributed by atoms with Gasteiger partial charge in [-0.3, -0.25) is 0 Å². The van der Waals surface area contributed by atoms with Gasteiger partial charge in [-0.25, -0.2) is 0 Å². The smallest absolute Gasteiger partial charge is 0.0419 e. The van der Waals surface area contributed by atoms with E-state index in [9.17, 15) is 0 Å². The molecule has 92 valence electrons. The van der Waals surface area contributed by atoms with E-state index in [4.69, 9.17) is 0 Å². The van der Waals surface area contributed by atoms with Crippen molar-refractivity contribution in [3.05, 3.63) is 0 Å². The van der Waals surface area contributed by atoms with Crippen LogP contribution in [0.4, 0.5) is 0 Å². The van der Waals surface area contributed by atoms with Crippen LogP contribution in [0.2, 0.25) is 0 Å². The highest BCUT2D eigenvalue weighted by Crippen LogP contribution is 2.24. The van der Waals surface area contributed by atoms with Gasteiger partial charge in [0.1, 0.15) is 0 Å². The fourth-order valence-electron chi connectivity index (χ4n) is 2.63. The molecular formula is C15H32. The number of rotatable bonds is 9. The summed E-state index contributed by atoms with van der Waals surface area (Å²) in [6.07, 6.45) is 9.83. The molecular weight excluding hydrogens is 180 g/mol. The van der Waals surface area contributed by atoms with Gasteiger partial charge in [0.25, 0.3) is 0 Å². The lowest BCUT2D eigenvalue weighted by Crippen LogP contribution is -2.06. The average molecular weight is 212 g/mol. The predicted octanol–water partition coefficient (Wildman–Crippen LogP) is 5.67. The lowest BCUT2D eigenvalue weighted by Gasteiger charge is -2.19. The highest BCUT2D eigenvalue weighted by atomic mass is 14.2. The van der Waals surface area contributed by atoms with Crippen LogP contribution in [-0.4, -0.2) is 0 Å². The van der Waals surface area contributed by atoms with Crippen LogP contribution in [0.3, 0.4) is 0 Å². The maximum atomic E-state index is 2.44. The predicted molar refractivity (Wildman–Crippen MR) is 71.2 cm³/mol. The van der Waals surface area contributed by atoms with Crippen molar-refractivity contribution in [2.24, 2.45) is 17.8 Å². The zero-order chi connectivity index (χ0) is 11.7. The summed E-state index contributed by atoms with van der Waals surface area (Å²) in [6, 6.07) is 0. The van der Waals surface area contributed by atoms with E-state index in [1.54, 1.807) is 0 Å². The van der Waals surface area contributed by atoms with Crippen LogP contribution in [0.1, 0.15) is 79.6 Å². The Balaban J connectivity index is 3.59. The zero-order valence-corrected chi connectivity index (χ0v) is 11.7. The van der Waals surface area contributed by atoms with Crippen LogP contribution in [0.5, 0.6) is 0 Å². The molecule has 2 atom stereocenters. The van der Waals surface area contributed by atoms with Gasteiger partial charge in [0.05, 0.1) is 0 Å². The Morgan fingerprint density at radius 1 is 0.733 bits per heavy atom. The van der Waals surface area contributed by atoms with Gasteiger partial charge in [0.2, 0.25) is 0 Å². The molecule has 0 aliphatic heterocycles. The number of hydrogen-bond acceptors (Lipinski definition) is 0. The molecule has 0 N–H and O–H groups in total. The lowest BCUT2D eigenvalue weighted by atomic mass is 9.87. The van der Waals surface area contributed by atoms with Crippen molar-refractivity contribution in [1.82, 2.24) is 0 Å². The minimum Gasteiger partial charge on any atom is -0.0654 e. The van der Waals surface area contributed by atoms with Gasteiger partial charge in [-0.15, -0.1) is 0 Å². The third kappa shape index (κ3) is 7.88. The van der Waals surface area contributed by atoms with Crippen molar-refractivity contribution in [3.8, 4) is 0 Å². The molecule has 15 heavy (non-hydrogen) atoms. The Bertz CT molecular complexity index is 124. The highest BCUT2D eigenvalue weighted by molar-refractivity contribution is 4.63. The molecule has 0 radical (unpaired) electrons. The van der Waals surface area contributed by atoms with Gasteiger partial charge < -0.3 is 0 Å². The highest BCUT2D eigenvalue weighted by Gasteiger charge is 2.10. The molecule has 0 heteroatoms. The van der Waals surface area contributed by atoms with Crippen LogP contribution in [-0.2, 0) is 0 Å². The molecule has 0 rings (SSSR count). The van der Waals surface area contributed by atoms with Gasteiger partial charge in [0.15, 0.2) is 0 Å². The molecule has 0 spiro atoms. The summed E-state index contributed by atoms with van der Waals surface area (Å²) in [5, 5.41) is 0. The van der Waals surface area contributed by atoms with Crippen molar-refractivity contribution >= 4 is 0 Å². The molecule has 0 nitrogen and oxygen atoms in total. The third-order valence-electron chi connectivity index (χ3n) is 3.81. The molecule has 0 heterocycles. The normalized spacial score (nSPS) is 15.6. The first-order chi connectivity index (χ1) is 7.13. The summed E-state index contributed by atoms with van der Waals surface area (Å²) in [6.45, 7) is 11.8. The fourth-order valence-corrected chi connectivity index (χ4v) is 2.63. The molecule has 0 fully saturated rings. The van der Waals surface area contributed by atoms with Crippen LogP contribution in [0, 0.1) is 17.8 Å². The largest absolute Gasteiger partial charge is 0.0654 e. The summed E-state index contributed by atoms with van der Waals surface area (Å²) in [4.78, 5) is 0. The third-order valence-corrected chi connectivity index (χ3v) is 3.81. The van der Waals surface area contributed by atoms with Crippen molar-refractivity contribution in [2.75, 3.05) is 0 Å². The minimum atomic E-state index is 0.937. The summed E-state index contributed by atoms with van der Waals surface area (Å²) in [5.41, 5.74) is 0. The molecule has 0 aliphatic rings. The Morgan fingerprint density at radius 2 is 1.27 bits per heavy atom. The monoisotopic (exact) mass is 212 g/mol.